The van der Waals surface area contributed by atoms with Crippen molar-refractivity contribution in [2.75, 3.05) is 13.1 Å². The summed E-state index contributed by atoms with van der Waals surface area (Å²) in [6.45, 7) is 6.39. The number of nitrogens with one attached hydrogen (secondary N) is 1. The monoisotopic (exact) mass is 270 g/mol. The second-order valence-electron chi connectivity index (χ2n) is 6.09. The van der Waals surface area contributed by atoms with Crippen LogP contribution in [0.2, 0.25) is 0 Å². The molecule has 2 N–H and O–H groups in total. The Morgan fingerprint density at radius 2 is 2.05 bits per heavy atom. The molecule has 0 bridgehead atoms. The standard InChI is InChI=1S/C14H26N2O3/c1-10(2)8-16(9-13(17)18)14(19)15-12-6-4-5-11(3)7-12/h10-12H,4-9H2,1-3H3,(H,15,19)(H,17,18). The third-order valence-electron chi connectivity index (χ3n) is 3.46. The fourth-order valence-electron chi connectivity index (χ4n) is 2.65. The number of rotatable bonds is 5. The van der Waals surface area contributed by atoms with Crippen LogP contribution in [0.1, 0.15) is 46.5 Å². The number of carbonyl (C=O) groups excluding carboxylic acids is 1. The molecule has 0 aromatic rings. The van der Waals surface area contributed by atoms with Crippen LogP contribution in [-0.4, -0.2) is 41.1 Å². The molecule has 0 saturated heterocycles. The summed E-state index contributed by atoms with van der Waals surface area (Å²) < 4.78 is 0. The van der Waals surface area contributed by atoms with Gasteiger partial charge in [0, 0.05) is 12.6 Å². The molecule has 5 heteroatoms. The quantitative estimate of drug-likeness (QED) is 0.805. The maximum absolute atomic E-state index is 12.1. The SMILES string of the molecule is CC(C)CN(CC(=O)O)C(=O)NC1CCCC(C)C1. The fraction of sp³-hybridized carbons (Fsp3) is 0.857. The minimum Gasteiger partial charge on any atom is -0.480 e. The number of carbonyl (C=O) groups is 2. The van der Waals surface area contributed by atoms with Crippen molar-refractivity contribution in [2.24, 2.45) is 11.8 Å². The lowest BCUT2D eigenvalue weighted by atomic mass is 9.87. The zero-order valence-electron chi connectivity index (χ0n) is 12.2. The van der Waals surface area contributed by atoms with Crippen LogP contribution in [0.5, 0.6) is 0 Å². The molecular weight excluding hydrogens is 244 g/mol. The number of carboxylic acid groups (broad SMARTS) is 1. The van der Waals surface area contributed by atoms with Crippen molar-refractivity contribution in [3.05, 3.63) is 0 Å². The van der Waals surface area contributed by atoms with Gasteiger partial charge in [-0.2, -0.15) is 0 Å². The number of aliphatic carboxylic acids is 1. The largest absolute Gasteiger partial charge is 0.480 e. The van der Waals surface area contributed by atoms with Crippen LogP contribution in [0.25, 0.3) is 0 Å². The van der Waals surface area contributed by atoms with Crippen molar-refractivity contribution in [3.63, 3.8) is 0 Å². The lowest BCUT2D eigenvalue weighted by Crippen LogP contribution is -2.48. The van der Waals surface area contributed by atoms with Gasteiger partial charge in [0.15, 0.2) is 0 Å². The minimum atomic E-state index is -0.965. The third kappa shape index (κ3) is 5.94. The number of carboxylic acids is 1. The second-order valence-corrected chi connectivity index (χ2v) is 6.09. The van der Waals surface area contributed by atoms with Crippen LogP contribution >= 0.6 is 0 Å². The Bertz CT molecular complexity index is 318. The number of nitrogens with zero attached hydrogens (tertiary/aromatic N) is 1. The normalized spacial score (nSPS) is 23.2. The van der Waals surface area contributed by atoms with Crippen molar-refractivity contribution in [1.82, 2.24) is 10.2 Å². The Balaban J connectivity index is 2.52. The Labute approximate surface area is 115 Å². The average molecular weight is 270 g/mol. The molecule has 0 aromatic heterocycles. The predicted molar refractivity (Wildman–Crippen MR) is 74.0 cm³/mol. The second kappa shape index (κ2) is 7.36. The molecule has 2 atom stereocenters. The fourth-order valence-corrected chi connectivity index (χ4v) is 2.65. The van der Waals surface area contributed by atoms with Crippen LogP contribution in [0.4, 0.5) is 4.79 Å². The van der Waals surface area contributed by atoms with Gasteiger partial charge in [0.05, 0.1) is 0 Å². The lowest BCUT2D eigenvalue weighted by molar-refractivity contribution is -0.137. The van der Waals surface area contributed by atoms with E-state index in [1.807, 2.05) is 13.8 Å². The molecule has 19 heavy (non-hydrogen) atoms. The highest BCUT2D eigenvalue weighted by Crippen LogP contribution is 2.23. The zero-order chi connectivity index (χ0) is 14.4. The van der Waals surface area contributed by atoms with Gasteiger partial charge in [-0.25, -0.2) is 4.79 Å². The van der Waals surface area contributed by atoms with Crippen LogP contribution in [0, 0.1) is 11.8 Å². The highest BCUT2D eigenvalue weighted by molar-refractivity contribution is 5.80. The smallest absolute Gasteiger partial charge is 0.323 e. The molecular formula is C14H26N2O3. The molecule has 2 unspecified atom stereocenters. The van der Waals surface area contributed by atoms with Gasteiger partial charge in [0.1, 0.15) is 6.54 Å². The molecule has 0 radical (unpaired) electrons. The van der Waals surface area contributed by atoms with Crippen molar-refractivity contribution >= 4 is 12.0 Å². The van der Waals surface area contributed by atoms with E-state index in [1.54, 1.807) is 0 Å². The molecule has 0 spiro atoms. The summed E-state index contributed by atoms with van der Waals surface area (Å²) in [5, 5.41) is 11.9. The van der Waals surface area contributed by atoms with Gasteiger partial charge in [-0.3, -0.25) is 4.79 Å². The summed E-state index contributed by atoms with van der Waals surface area (Å²) in [6.07, 6.45) is 4.35. The Hall–Kier alpha value is -1.26. The summed E-state index contributed by atoms with van der Waals surface area (Å²) in [7, 11) is 0. The Morgan fingerprint density at radius 1 is 1.37 bits per heavy atom. The molecule has 0 aromatic carbocycles. The van der Waals surface area contributed by atoms with Crippen LogP contribution < -0.4 is 5.32 Å². The lowest BCUT2D eigenvalue weighted by Gasteiger charge is -2.30. The highest BCUT2D eigenvalue weighted by Gasteiger charge is 2.24. The van der Waals surface area contributed by atoms with E-state index >= 15 is 0 Å². The zero-order valence-corrected chi connectivity index (χ0v) is 12.2. The Kier molecular flexibility index (Phi) is 6.12. The molecule has 2 amide bonds. The number of urea groups is 1. The summed E-state index contributed by atoms with van der Waals surface area (Å²) in [5.74, 6) is -0.0692. The van der Waals surface area contributed by atoms with Gasteiger partial charge >= 0.3 is 12.0 Å². The van der Waals surface area contributed by atoms with E-state index in [1.165, 1.54) is 11.3 Å². The van der Waals surface area contributed by atoms with E-state index in [2.05, 4.69) is 12.2 Å². The van der Waals surface area contributed by atoms with Crippen molar-refractivity contribution in [3.8, 4) is 0 Å². The minimum absolute atomic E-state index is 0.194. The molecule has 0 aliphatic heterocycles. The van der Waals surface area contributed by atoms with Crippen LogP contribution in [-0.2, 0) is 4.79 Å². The van der Waals surface area contributed by atoms with Gasteiger partial charge in [-0.05, 0) is 24.7 Å². The van der Waals surface area contributed by atoms with Gasteiger partial charge in [-0.1, -0.05) is 33.6 Å². The molecule has 1 fully saturated rings. The molecule has 1 aliphatic rings. The van der Waals surface area contributed by atoms with E-state index in [-0.39, 0.29) is 24.5 Å². The van der Waals surface area contributed by atoms with Gasteiger partial charge in [-0.15, -0.1) is 0 Å². The molecule has 110 valence electrons. The average Bonchev–Trinajstić information content (AvgIpc) is 2.26. The topological polar surface area (TPSA) is 69.6 Å². The van der Waals surface area contributed by atoms with E-state index in [0.29, 0.717) is 12.5 Å². The van der Waals surface area contributed by atoms with E-state index in [0.717, 1.165) is 19.3 Å². The van der Waals surface area contributed by atoms with Gasteiger partial charge in [0.2, 0.25) is 0 Å². The number of amides is 2. The molecule has 1 saturated carbocycles. The maximum atomic E-state index is 12.1. The van der Waals surface area contributed by atoms with Gasteiger partial charge < -0.3 is 15.3 Å². The number of hydrogen-bond donors (Lipinski definition) is 2. The third-order valence-corrected chi connectivity index (χ3v) is 3.46. The first-order valence-electron chi connectivity index (χ1n) is 7.15. The maximum Gasteiger partial charge on any atom is 0.323 e. The van der Waals surface area contributed by atoms with Gasteiger partial charge in [0.25, 0.3) is 0 Å². The molecule has 1 rings (SSSR count). The first-order valence-corrected chi connectivity index (χ1v) is 7.15. The van der Waals surface area contributed by atoms with Crippen LogP contribution in [0.15, 0.2) is 0 Å². The summed E-state index contributed by atoms with van der Waals surface area (Å²) in [5.41, 5.74) is 0. The van der Waals surface area contributed by atoms with Crippen molar-refractivity contribution < 1.29 is 14.7 Å². The number of hydrogen-bond acceptors (Lipinski definition) is 2. The molecule has 0 heterocycles. The highest BCUT2D eigenvalue weighted by atomic mass is 16.4. The summed E-state index contributed by atoms with van der Waals surface area (Å²) >= 11 is 0. The van der Waals surface area contributed by atoms with E-state index in [9.17, 15) is 9.59 Å². The van der Waals surface area contributed by atoms with Crippen LogP contribution in [0.3, 0.4) is 0 Å². The first kappa shape index (κ1) is 15.8. The van der Waals surface area contributed by atoms with E-state index < -0.39 is 5.97 Å². The summed E-state index contributed by atoms with van der Waals surface area (Å²) in [4.78, 5) is 24.4. The van der Waals surface area contributed by atoms with Crippen molar-refractivity contribution in [2.45, 2.75) is 52.5 Å². The molecule has 5 nitrogen and oxygen atoms in total. The Morgan fingerprint density at radius 3 is 2.58 bits per heavy atom. The summed E-state index contributed by atoms with van der Waals surface area (Å²) in [6, 6.07) is -0.0464. The predicted octanol–water partition coefficient (Wildman–Crippen LogP) is 2.32. The first-order chi connectivity index (χ1) is 8.88. The van der Waals surface area contributed by atoms with Crippen molar-refractivity contribution in [1.29, 1.82) is 0 Å². The van der Waals surface area contributed by atoms with E-state index in [4.69, 9.17) is 5.11 Å². The molecule has 1 aliphatic carbocycles.